The molecule has 0 spiro atoms. The van der Waals surface area contributed by atoms with Crippen LogP contribution < -0.4 is 10.2 Å². The van der Waals surface area contributed by atoms with E-state index in [0.29, 0.717) is 10.3 Å². The van der Waals surface area contributed by atoms with Gasteiger partial charge in [-0.3, -0.25) is 4.79 Å². The van der Waals surface area contributed by atoms with E-state index in [-0.39, 0.29) is 11.7 Å². The largest absolute Gasteiger partial charge is 0.372 e. The maximum atomic E-state index is 12.4. The lowest BCUT2D eigenvalue weighted by atomic mass is 10.2. The fourth-order valence-electron chi connectivity index (χ4n) is 3.47. The molecule has 0 saturated heterocycles. The lowest BCUT2D eigenvalue weighted by Crippen LogP contribution is -2.21. The van der Waals surface area contributed by atoms with Crippen molar-refractivity contribution in [2.75, 3.05) is 29.1 Å². The second kappa shape index (κ2) is 9.70. The summed E-state index contributed by atoms with van der Waals surface area (Å²) in [5, 5.41) is 12.8. The number of nitrogens with one attached hydrogen (secondary N) is 1. The molecule has 2 aromatic carbocycles. The van der Waals surface area contributed by atoms with Gasteiger partial charge in [-0.2, -0.15) is 0 Å². The van der Waals surface area contributed by atoms with Crippen LogP contribution in [0.5, 0.6) is 0 Å². The molecule has 32 heavy (non-hydrogen) atoms. The molecule has 0 bridgehead atoms. The van der Waals surface area contributed by atoms with Crippen LogP contribution in [0.3, 0.4) is 0 Å². The van der Waals surface area contributed by atoms with Crippen LogP contribution in [0.4, 0.5) is 10.8 Å². The fourth-order valence-corrected chi connectivity index (χ4v) is 5.16. The minimum absolute atomic E-state index is 0.112. The van der Waals surface area contributed by atoms with E-state index in [4.69, 9.17) is 0 Å². The van der Waals surface area contributed by atoms with Crippen LogP contribution in [0.25, 0.3) is 21.6 Å². The molecule has 0 aliphatic carbocycles. The van der Waals surface area contributed by atoms with Crippen molar-refractivity contribution in [2.24, 2.45) is 7.05 Å². The quantitative estimate of drug-likeness (QED) is 0.369. The Morgan fingerprint density at radius 2 is 1.88 bits per heavy atom. The molecule has 2 heterocycles. The van der Waals surface area contributed by atoms with Crippen LogP contribution >= 0.6 is 23.1 Å². The van der Waals surface area contributed by atoms with Gasteiger partial charge in [0.1, 0.15) is 0 Å². The molecule has 0 aliphatic rings. The predicted molar refractivity (Wildman–Crippen MR) is 134 cm³/mol. The molecule has 0 fully saturated rings. The Labute approximate surface area is 195 Å². The average Bonchev–Trinajstić information content (AvgIpc) is 3.35. The summed E-state index contributed by atoms with van der Waals surface area (Å²) in [6.45, 7) is 8.29. The Morgan fingerprint density at radius 1 is 1.12 bits per heavy atom. The molecule has 1 amide bonds. The van der Waals surface area contributed by atoms with Gasteiger partial charge in [0.15, 0.2) is 16.1 Å². The first kappa shape index (κ1) is 22.3. The molecule has 0 radical (unpaired) electrons. The van der Waals surface area contributed by atoms with E-state index in [1.807, 2.05) is 30.7 Å². The van der Waals surface area contributed by atoms with Crippen molar-refractivity contribution in [1.82, 2.24) is 19.7 Å². The number of anilines is 2. The van der Waals surface area contributed by atoms with Gasteiger partial charge in [0.05, 0.1) is 16.0 Å². The maximum absolute atomic E-state index is 12.4. The van der Waals surface area contributed by atoms with Gasteiger partial charge in [-0.1, -0.05) is 29.2 Å². The van der Waals surface area contributed by atoms with Gasteiger partial charge in [0.25, 0.3) is 0 Å². The number of carbonyl (C=O) groups excluding carboxylic acids is 1. The lowest BCUT2D eigenvalue weighted by Gasteiger charge is -2.21. The Bertz CT molecular complexity index is 1230. The summed E-state index contributed by atoms with van der Waals surface area (Å²) in [7, 11) is 1.92. The van der Waals surface area contributed by atoms with Crippen LogP contribution in [-0.2, 0) is 11.8 Å². The summed E-state index contributed by atoms with van der Waals surface area (Å²) in [5.41, 5.74) is 4.26. The summed E-state index contributed by atoms with van der Waals surface area (Å²) in [5.74, 6) is 0.904. The lowest BCUT2D eigenvalue weighted by molar-refractivity contribution is -0.113. The van der Waals surface area contributed by atoms with Crippen molar-refractivity contribution < 1.29 is 4.79 Å². The number of hydrogen-bond donors (Lipinski definition) is 1. The molecular weight excluding hydrogens is 440 g/mol. The van der Waals surface area contributed by atoms with Crippen LogP contribution in [-0.4, -0.2) is 44.5 Å². The first-order chi connectivity index (χ1) is 15.5. The number of thioether (sulfide) groups is 1. The number of rotatable bonds is 8. The first-order valence-corrected chi connectivity index (χ1v) is 12.3. The number of hydrogen-bond acceptors (Lipinski definition) is 7. The van der Waals surface area contributed by atoms with Gasteiger partial charge in [-0.05, 0) is 62.7 Å². The number of aromatic nitrogens is 4. The van der Waals surface area contributed by atoms with Crippen LogP contribution in [0.2, 0.25) is 0 Å². The van der Waals surface area contributed by atoms with E-state index >= 15 is 0 Å². The third kappa shape index (κ3) is 4.78. The van der Waals surface area contributed by atoms with E-state index < -0.39 is 0 Å². The second-order valence-electron chi connectivity index (χ2n) is 7.41. The first-order valence-electron chi connectivity index (χ1n) is 10.5. The van der Waals surface area contributed by atoms with Crippen molar-refractivity contribution in [2.45, 2.75) is 25.9 Å². The molecule has 9 heteroatoms. The van der Waals surface area contributed by atoms with E-state index in [2.05, 4.69) is 69.6 Å². The topological polar surface area (TPSA) is 75.9 Å². The van der Waals surface area contributed by atoms with Crippen LogP contribution in [0, 0.1) is 6.92 Å². The molecule has 0 unspecified atom stereocenters. The van der Waals surface area contributed by atoms with Gasteiger partial charge in [0.2, 0.25) is 5.91 Å². The fraction of sp³-hybridized carbons (Fsp3) is 0.304. The van der Waals surface area contributed by atoms with Crippen LogP contribution in [0.1, 0.15) is 19.4 Å². The van der Waals surface area contributed by atoms with Crippen molar-refractivity contribution in [3.63, 3.8) is 0 Å². The SMILES string of the molecule is CCN(CC)c1ccc(-c2nnc(SCC(=O)Nc3nc4ccc(C)cc4s3)n2C)cc1. The number of thiazole rings is 1. The average molecular weight is 467 g/mol. The second-order valence-corrected chi connectivity index (χ2v) is 9.38. The van der Waals surface area contributed by atoms with Gasteiger partial charge in [-0.25, -0.2) is 4.98 Å². The Balaban J connectivity index is 1.39. The summed E-state index contributed by atoms with van der Waals surface area (Å²) in [6, 6.07) is 14.4. The predicted octanol–water partition coefficient (Wildman–Crippen LogP) is 4.98. The summed E-state index contributed by atoms with van der Waals surface area (Å²) in [6.07, 6.45) is 0. The smallest absolute Gasteiger partial charge is 0.236 e. The van der Waals surface area contributed by atoms with Gasteiger partial charge in [0, 0.05) is 31.4 Å². The molecule has 0 atom stereocenters. The van der Waals surface area contributed by atoms with Crippen LogP contribution in [0.15, 0.2) is 47.6 Å². The minimum atomic E-state index is -0.112. The molecule has 4 aromatic rings. The monoisotopic (exact) mass is 466 g/mol. The highest BCUT2D eigenvalue weighted by Crippen LogP contribution is 2.28. The summed E-state index contributed by atoms with van der Waals surface area (Å²) in [4.78, 5) is 19.2. The third-order valence-electron chi connectivity index (χ3n) is 5.21. The molecule has 0 aliphatic heterocycles. The molecule has 0 saturated carbocycles. The third-order valence-corrected chi connectivity index (χ3v) is 7.17. The molecule has 2 aromatic heterocycles. The summed E-state index contributed by atoms with van der Waals surface area (Å²) >= 11 is 2.84. The van der Waals surface area contributed by atoms with Crippen molar-refractivity contribution >= 4 is 50.0 Å². The zero-order valence-electron chi connectivity index (χ0n) is 18.6. The zero-order chi connectivity index (χ0) is 22.7. The van der Waals surface area contributed by atoms with E-state index in [9.17, 15) is 4.79 Å². The zero-order valence-corrected chi connectivity index (χ0v) is 20.3. The van der Waals surface area contributed by atoms with E-state index in [1.165, 1.54) is 34.3 Å². The number of amides is 1. The highest BCUT2D eigenvalue weighted by molar-refractivity contribution is 7.99. The molecule has 1 N–H and O–H groups in total. The van der Waals surface area contributed by atoms with E-state index in [1.54, 1.807) is 0 Å². The van der Waals surface area contributed by atoms with E-state index in [0.717, 1.165) is 34.7 Å². The Kier molecular flexibility index (Phi) is 6.76. The minimum Gasteiger partial charge on any atom is -0.372 e. The number of benzene rings is 2. The number of fused-ring (bicyclic) bond motifs is 1. The maximum Gasteiger partial charge on any atom is 0.236 e. The number of carbonyl (C=O) groups is 1. The standard InChI is InChI=1S/C23H26N6OS2/c1-5-29(6-2)17-10-8-16(9-11-17)21-26-27-23(28(21)4)31-14-20(30)25-22-24-18-12-7-15(3)13-19(18)32-22/h7-13H,5-6,14H2,1-4H3,(H,24,25,30). The number of nitrogens with zero attached hydrogens (tertiary/aromatic N) is 5. The van der Waals surface area contributed by atoms with Gasteiger partial charge in [-0.15, -0.1) is 10.2 Å². The normalized spacial score (nSPS) is 11.1. The van der Waals surface area contributed by atoms with Crippen molar-refractivity contribution in [3.8, 4) is 11.4 Å². The summed E-state index contributed by atoms with van der Waals surface area (Å²) < 4.78 is 2.99. The molecule has 166 valence electrons. The Hall–Kier alpha value is -2.91. The number of aryl methyl sites for hydroxylation is 1. The molecule has 7 nitrogen and oxygen atoms in total. The van der Waals surface area contributed by atoms with Gasteiger partial charge >= 0.3 is 0 Å². The highest BCUT2D eigenvalue weighted by Gasteiger charge is 2.14. The van der Waals surface area contributed by atoms with Crippen molar-refractivity contribution in [1.29, 1.82) is 0 Å². The Morgan fingerprint density at radius 3 is 2.59 bits per heavy atom. The van der Waals surface area contributed by atoms with Gasteiger partial charge < -0.3 is 14.8 Å². The molecule has 4 rings (SSSR count). The van der Waals surface area contributed by atoms with Crippen molar-refractivity contribution in [3.05, 3.63) is 48.0 Å². The molecular formula is C23H26N6OS2. The highest BCUT2D eigenvalue weighted by atomic mass is 32.2.